The summed E-state index contributed by atoms with van der Waals surface area (Å²) in [5.41, 5.74) is 0.0666. The van der Waals surface area contributed by atoms with Gasteiger partial charge in [0.05, 0.1) is 32.8 Å². The quantitative estimate of drug-likeness (QED) is 0.583. The summed E-state index contributed by atoms with van der Waals surface area (Å²) in [6, 6.07) is 3.15. The monoisotopic (exact) mass is 471 g/mol. The van der Waals surface area contributed by atoms with E-state index in [0.29, 0.717) is 34.8 Å². The lowest BCUT2D eigenvalue weighted by molar-refractivity contribution is -0.123. The zero-order valence-corrected chi connectivity index (χ0v) is 19.7. The fraction of sp³-hybridized carbons (Fsp3) is 0.478. The Labute approximate surface area is 196 Å². The van der Waals surface area contributed by atoms with Crippen LogP contribution < -0.4 is 35.3 Å². The predicted octanol–water partition coefficient (Wildman–Crippen LogP) is 2.10. The van der Waals surface area contributed by atoms with Crippen LogP contribution in [-0.2, 0) is 9.59 Å². The van der Waals surface area contributed by atoms with E-state index < -0.39 is 17.4 Å². The molecule has 34 heavy (non-hydrogen) atoms. The van der Waals surface area contributed by atoms with E-state index in [1.165, 1.54) is 21.3 Å². The highest BCUT2D eigenvalue weighted by Crippen LogP contribution is 2.40. The summed E-state index contributed by atoms with van der Waals surface area (Å²) in [4.78, 5) is 48.0. The van der Waals surface area contributed by atoms with Crippen molar-refractivity contribution in [2.45, 2.75) is 32.1 Å². The molecular formula is C23H29N5O6. The zero-order valence-electron chi connectivity index (χ0n) is 19.7. The number of aromatic nitrogens is 2. The van der Waals surface area contributed by atoms with Gasteiger partial charge in [0, 0.05) is 37.3 Å². The number of benzene rings is 1. The van der Waals surface area contributed by atoms with Gasteiger partial charge < -0.3 is 29.7 Å². The fourth-order valence-corrected chi connectivity index (χ4v) is 4.50. The number of piperidine rings is 1. The molecule has 3 N–H and O–H groups in total. The Kier molecular flexibility index (Phi) is 6.62. The Balaban J connectivity index is 1.64. The number of H-pyrrole nitrogens is 1. The molecule has 1 saturated heterocycles. The molecule has 1 aromatic heterocycles. The molecule has 1 fully saturated rings. The number of hydrogen-bond donors (Lipinski definition) is 3. The van der Waals surface area contributed by atoms with Crippen molar-refractivity contribution in [2.75, 3.05) is 50.0 Å². The first-order valence-electron chi connectivity index (χ1n) is 11.1. The topological polar surface area (TPSA) is 135 Å². The Bertz CT molecular complexity index is 1140. The van der Waals surface area contributed by atoms with Crippen molar-refractivity contribution in [3.05, 3.63) is 28.0 Å². The van der Waals surface area contributed by atoms with Crippen molar-refractivity contribution in [3.63, 3.8) is 0 Å². The van der Waals surface area contributed by atoms with Crippen LogP contribution in [0.4, 0.5) is 17.5 Å². The highest BCUT2D eigenvalue weighted by molar-refractivity contribution is 6.04. The fourth-order valence-electron chi connectivity index (χ4n) is 4.50. The normalized spacial score (nSPS) is 19.6. The van der Waals surface area contributed by atoms with E-state index >= 15 is 0 Å². The number of ether oxygens (including phenoxy) is 3. The van der Waals surface area contributed by atoms with Crippen LogP contribution in [0.15, 0.2) is 16.9 Å². The van der Waals surface area contributed by atoms with Crippen molar-refractivity contribution in [1.29, 1.82) is 0 Å². The number of nitrogens with one attached hydrogen (secondary N) is 3. The summed E-state index contributed by atoms with van der Waals surface area (Å²) < 4.78 is 16.0. The molecule has 3 heterocycles. The Hall–Kier alpha value is -3.76. The number of rotatable bonds is 6. The molecule has 0 radical (unpaired) electrons. The Morgan fingerprint density at radius 2 is 1.85 bits per heavy atom. The smallest absolute Gasteiger partial charge is 0.258 e. The van der Waals surface area contributed by atoms with E-state index in [1.807, 2.05) is 4.90 Å². The molecule has 182 valence electrons. The van der Waals surface area contributed by atoms with Gasteiger partial charge in [-0.25, -0.2) is 0 Å². The second-order valence-corrected chi connectivity index (χ2v) is 8.55. The van der Waals surface area contributed by atoms with E-state index in [4.69, 9.17) is 14.2 Å². The molecule has 0 spiro atoms. The average Bonchev–Trinajstić information content (AvgIpc) is 2.82. The molecule has 4 rings (SSSR count). The van der Waals surface area contributed by atoms with Crippen LogP contribution in [0.2, 0.25) is 0 Å². The molecule has 2 aromatic rings. The predicted molar refractivity (Wildman–Crippen MR) is 126 cm³/mol. The van der Waals surface area contributed by atoms with Gasteiger partial charge in [0.1, 0.15) is 5.82 Å². The minimum atomic E-state index is -1.01. The highest BCUT2D eigenvalue weighted by atomic mass is 16.5. The van der Waals surface area contributed by atoms with Gasteiger partial charge in [0.25, 0.3) is 5.56 Å². The highest BCUT2D eigenvalue weighted by Gasteiger charge is 2.35. The minimum Gasteiger partial charge on any atom is -0.493 e. The SMILES string of the molecule is COc1cc(NC(=O)[C@@H]2CC(=O)Nc3nc(N4CCC[C@@H](C)C4)[nH]c(=O)c32)cc(OC)c1OC. The summed E-state index contributed by atoms with van der Waals surface area (Å²) >= 11 is 0. The molecule has 11 nitrogen and oxygen atoms in total. The molecule has 11 heteroatoms. The van der Waals surface area contributed by atoms with Gasteiger partial charge in [-0.15, -0.1) is 0 Å². The number of amides is 2. The molecule has 2 aliphatic rings. The van der Waals surface area contributed by atoms with Crippen LogP contribution in [0.1, 0.15) is 37.7 Å². The van der Waals surface area contributed by atoms with Crippen LogP contribution in [0.3, 0.4) is 0 Å². The van der Waals surface area contributed by atoms with Gasteiger partial charge in [0.15, 0.2) is 11.5 Å². The molecule has 0 saturated carbocycles. The van der Waals surface area contributed by atoms with E-state index in [9.17, 15) is 14.4 Å². The summed E-state index contributed by atoms with van der Waals surface area (Å²) in [5, 5.41) is 5.42. The number of nitrogens with zero attached hydrogens (tertiary/aromatic N) is 2. The molecule has 2 atom stereocenters. The lowest BCUT2D eigenvalue weighted by Gasteiger charge is -2.32. The average molecular weight is 472 g/mol. The van der Waals surface area contributed by atoms with Crippen molar-refractivity contribution < 1.29 is 23.8 Å². The van der Waals surface area contributed by atoms with Gasteiger partial charge in [0.2, 0.25) is 23.5 Å². The van der Waals surface area contributed by atoms with E-state index in [0.717, 1.165) is 25.9 Å². The van der Waals surface area contributed by atoms with E-state index in [2.05, 4.69) is 27.5 Å². The lowest BCUT2D eigenvalue weighted by atomic mass is 9.92. The molecule has 1 aromatic carbocycles. The standard InChI is InChI=1S/C23H29N5O6/c1-12-6-5-7-28(11-12)23-26-20-18(22(31)27-23)14(10-17(29)25-20)21(30)24-13-8-15(32-2)19(34-4)16(9-13)33-3/h8-9,12,14H,5-7,10-11H2,1-4H3,(H,24,30)(H2,25,26,27,29,31)/t12-,14-/m1/s1. The summed E-state index contributed by atoms with van der Waals surface area (Å²) in [7, 11) is 4.42. The van der Waals surface area contributed by atoms with E-state index in [1.54, 1.807) is 12.1 Å². The summed E-state index contributed by atoms with van der Waals surface area (Å²) in [6.07, 6.45) is 1.94. The number of carbonyl (C=O) groups is 2. The maximum absolute atomic E-state index is 13.2. The Morgan fingerprint density at radius 3 is 2.47 bits per heavy atom. The summed E-state index contributed by atoms with van der Waals surface area (Å²) in [5.74, 6) is 0.198. The van der Waals surface area contributed by atoms with Crippen molar-refractivity contribution in [2.24, 2.45) is 5.92 Å². The van der Waals surface area contributed by atoms with Gasteiger partial charge in [-0.3, -0.25) is 19.4 Å². The molecule has 0 aliphatic carbocycles. The number of aromatic amines is 1. The first kappa shape index (κ1) is 23.4. The molecule has 0 bridgehead atoms. The first-order chi connectivity index (χ1) is 16.3. The van der Waals surface area contributed by atoms with Gasteiger partial charge in [-0.2, -0.15) is 4.98 Å². The van der Waals surface area contributed by atoms with Crippen LogP contribution in [0, 0.1) is 5.92 Å². The van der Waals surface area contributed by atoms with Crippen LogP contribution in [-0.4, -0.2) is 56.2 Å². The third kappa shape index (κ3) is 4.50. The maximum Gasteiger partial charge on any atom is 0.258 e. The number of hydrogen-bond acceptors (Lipinski definition) is 8. The minimum absolute atomic E-state index is 0.123. The van der Waals surface area contributed by atoms with Gasteiger partial charge >= 0.3 is 0 Å². The van der Waals surface area contributed by atoms with Crippen molar-refractivity contribution in [1.82, 2.24) is 9.97 Å². The number of carbonyl (C=O) groups excluding carboxylic acids is 2. The number of fused-ring (bicyclic) bond motifs is 1. The third-order valence-electron chi connectivity index (χ3n) is 6.14. The molecule has 2 amide bonds. The second kappa shape index (κ2) is 9.62. The Morgan fingerprint density at radius 1 is 1.15 bits per heavy atom. The van der Waals surface area contributed by atoms with Crippen LogP contribution >= 0.6 is 0 Å². The maximum atomic E-state index is 13.2. The number of anilines is 3. The van der Waals surface area contributed by atoms with Crippen molar-refractivity contribution in [3.8, 4) is 17.2 Å². The van der Waals surface area contributed by atoms with Gasteiger partial charge in [-0.05, 0) is 18.8 Å². The molecule has 2 aliphatic heterocycles. The summed E-state index contributed by atoms with van der Waals surface area (Å²) in [6.45, 7) is 3.68. The number of methoxy groups -OCH3 is 3. The lowest BCUT2D eigenvalue weighted by Crippen LogP contribution is -2.40. The second-order valence-electron chi connectivity index (χ2n) is 8.55. The first-order valence-corrected chi connectivity index (χ1v) is 11.1. The zero-order chi connectivity index (χ0) is 24.4. The molecular weight excluding hydrogens is 442 g/mol. The van der Waals surface area contributed by atoms with Crippen LogP contribution in [0.25, 0.3) is 0 Å². The van der Waals surface area contributed by atoms with Gasteiger partial charge in [-0.1, -0.05) is 6.92 Å². The molecule has 0 unspecified atom stereocenters. The van der Waals surface area contributed by atoms with Crippen molar-refractivity contribution >= 4 is 29.3 Å². The third-order valence-corrected chi connectivity index (χ3v) is 6.14. The van der Waals surface area contributed by atoms with E-state index in [-0.39, 0.29) is 23.7 Å². The van der Waals surface area contributed by atoms with Crippen LogP contribution in [0.5, 0.6) is 17.2 Å². The largest absolute Gasteiger partial charge is 0.493 e.